The summed E-state index contributed by atoms with van der Waals surface area (Å²) in [6.07, 6.45) is 3.37. The Morgan fingerprint density at radius 1 is 1.17 bits per heavy atom. The van der Waals surface area contributed by atoms with Gasteiger partial charge in [0.15, 0.2) is 0 Å². The second-order valence-corrected chi connectivity index (χ2v) is 5.42. The van der Waals surface area contributed by atoms with Gasteiger partial charge in [-0.3, -0.25) is 0 Å². The van der Waals surface area contributed by atoms with Crippen molar-refractivity contribution in [3.63, 3.8) is 0 Å². The minimum atomic E-state index is -0.0383. The van der Waals surface area contributed by atoms with E-state index in [1.54, 1.807) is 0 Å². The maximum Gasteiger partial charge on any atom is 0.0566 e. The molecule has 1 unspecified atom stereocenters. The van der Waals surface area contributed by atoms with Crippen LogP contribution in [-0.2, 0) is 0 Å². The first-order valence-electron chi connectivity index (χ1n) is 5.09. The van der Waals surface area contributed by atoms with Crippen molar-refractivity contribution in [1.82, 2.24) is 0 Å². The molecule has 1 aliphatic rings. The lowest BCUT2D eigenvalue weighted by atomic mass is 9.69. The summed E-state index contributed by atoms with van der Waals surface area (Å²) in [5.74, 6) is 1.30. The number of rotatable bonds is 0. The number of hydrogen-bond acceptors (Lipinski definition) is 1. The fraction of sp³-hybridized carbons (Fsp3) is 1.00. The summed E-state index contributed by atoms with van der Waals surface area (Å²) in [7, 11) is 0. The molecule has 0 amide bonds. The molecule has 0 aliphatic heterocycles. The van der Waals surface area contributed by atoms with E-state index >= 15 is 0 Å². The van der Waals surface area contributed by atoms with Crippen molar-refractivity contribution < 1.29 is 5.11 Å². The normalized spacial score (nSPS) is 38.2. The second kappa shape index (κ2) is 3.37. The van der Waals surface area contributed by atoms with Crippen LogP contribution < -0.4 is 0 Å². The van der Waals surface area contributed by atoms with Crippen LogP contribution in [0, 0.1) is 17.3 Å². The summed E-state index contributed by atoms with van der Waals surface area (Å²) < 4.78 is 0. The molecule has 1 nitrogen and oxygen atoms in total. The van der Waals surface area contributed by atoms with E-state index in [9.17, 15) is 5.11 Å². The standard InChI is InChI=1S/C11H22O/c1-8-7-9(11(2,3)4)5-6-10(8)12/h8-10,12H,5-7H2,1-4H3/t8-,9?,10+/m1/s1. The summed E-state index contributed by atoms with van der Waals surface area (Å²) >= 11 is 0. The van der Waals surface area contributed by atoms with Gasteiger partial charge in [0.1, 0.15) is 0 Å². The molecule has 0 heterocycles. The molecule has 0 saturated heterocycles. The lowest BCUT2D eigenvalue weighted by Gasteiger charge is -2.38. The van der Waals surface area contributed by atoms with Gasteiger partial charge in [0.05, 0.1) is 6.10 Å². The van der Waals surface area contributed by atoms with Gasteiger partial charge in [0.2, 0.25) is 0 Å². The van der Waals surface area contributed by atoms with Crippen molar-refractivity contribution in [3.05, 3.63) is 0 Å². The van der Waals surface area contributed by atoms with Crippen LogP contribution in [0.2, 0.25) is 0 Å². The highest BCUT2D eigenvalue weighted by molar-refractivity contribution is 4.83. The van der Waals surface area contributed by atoms with Gasteiger partial charge in [0.25, 0.3) is 0 Å². The van der Waals surface area contributed by atoms with Crippen molar-refractivity contribution in [2.24, 2.45) is 17.3 Å². The zero-order valence-corrected chi connectivity index (χ0v) is 8.80. The lowest BCUT2D eigenvalue weighted by Crippen LogP contribution is -2.33. The first kappa shape index (κ1) is 10.0. The molecule has 3 atom stereocenters. The van der Waals surface area contributed by atoms with Crippen molar-refractivity contribution in [2.45, 2.75) is 53.1 Å². The molecule has 1 rings (SSSR count). The Kier molecular flexibility index (Phi) is 2.82. The Balaban J connectivity index is 2.51. The van der Waals surface area contributed by atoms with E-state index in [0.717, 1.165) is 12.3 Å². The van der Waals surface area contributed by atoms with Gasteiger partial charge in [-0.2, -0.15) is 0 Å². The highest BCUT2D eigenvalue weighted by Gasteiger charge is 2.32. The minimum absolute atomic E-state index is 0.0383. The largest absolute Gasteiger partial charge is 0.393 e. The monoisotopic (exact) mass is 170 g/mol. The van der Waals surface area contributed by atoms with Gasteiger partial charge in [-0.05, 0) is 36.5 Å². The Bertz CT molecular complexity index is 146. The number of hydrogen-bond donors (Lipinski definition) is 1. The molecule has 1 saturated carbocycles. The van der Waals surface area contributed by atoms with Gasteiger partial charge in [-0.1, -0.05) is 27.7 Å². The van der Waals surface area contributed by atoms with E-state index in [1.807, 2.05) is 0 Å². The summed E-state index contributed by atoms with van der Waals surface area (Å²) in [5.41, 5.74) is 0.425. The van der Waals surface area contributed by atoms with E-state index < -0.39 is 0 Å². The highest BCUT2D eigenvalue weighted by Crippen LogP contribution is 2.39. The molecule has 0 bridgehead atoms. The van der Waals surface area contributed by atoms with Gasteiger partial charge in [0, 0.05) is 0 Å². The van der Waals surface area contributed by atoms with Gasteiger partial charge in [-0.15, -0.1) is 0 Å². The van der Waals surface area contributed by atoms with E-state index in [2.05, 4.69) is 27.7 Å². The van der Waals surface area contributed by atoms with Crippen molar-refractivity contribution >= 4 is 0 Å². The molecule has 0 aromatic rings. The summed E-state index contributed by atoms with van der Waals surface area (Å²) in [4.78, 5) is 0. The predicted octanol–water partition coefficient (Wildman–Crippen LogP) is 2.83. The Hall–Kier alpha value is -0.0400. The minimum Gasteiger partial charge on any atom is -0.393 e. The molecule has 1 fully saturated rings. The quantitative estimate of drug-likeness (QED) is 0.592. The van der Waals surface area contributed by atoms with Gasteiger partial charge >= 0.3 is 0 Å². The van der Waals surface area contributed by atoms with Crippen LogP contribution in [0.15, 0.2) is 0 Å². The Morgan fingerprint density at radius 2 is 1.75 bits per heavy atom. The molecule has 1 heteroatoms. The zero-order chi connectivity index (χ0) is 9.35. The van der Waals surface area contributed by atoms with Crippen LogP contribution in [0.1, 0.15) is 47.0 Å². The topological polar surface area (TPSA) is 20.2 Å². The zero-order valence-electron chi connectivity index (χ0n) is 8.80. The lowest BCUT2D eigenvalue weighted by molar-refractivity contribution is 0.0274. The molecule has 0 aromatic heterocycles. The van der Waals surface area contributed by atoms with Gasteiger partial charge < -0.3 is 5.11 Å². The third-order valence-corrected chi connectivity index (χ3v) is 3.35. The average molecular weight is 170 g/mol. The maximum atomic E-state index is 9.56. The van der Waals surface area contributed by atoms with Gasteiger partial charge in [-0.25, -0.2) is 0 Å². The van der Waals surface area contributed by atoms with Crippen molar-refractivity contribution in [3.8, 4) is 0 Å². The molecule has 0 radical (unpaired) electrons. The molecule has 1 aliphatic carbocycles. The smallest absolute Gasteiger partial charge is 0.0566 e. The average Bonchev–Trinajstić information content (AvgIpc) is 1.92. The first-order valence-corrected chi connectivity index (χ1v) is 5.09. The number of aliphatic hydroxyl groups excluding tert-OH is 1. The van der Waals surface area contributed by atoms with Crippen LogP contribution in [-0.4, -0.2) is 11.2 Å². The number of aliphatic hydroxyl groups is 1. The van der Waals surface area contributed by atoms with E-state index in [4.69, 9.17) is 0 Å². The summed E-state index contributed by atoms with van der Waals surface area (Å²) in [6, 6.07) is 0. The van der Waals surface area contributed by atoms with Crippen LogP contribution in [0.3, 0.4) is 0 Å². The third-order valence-electron chi connectivity index (χ3n) is 3.35. The molecule has 1 N–H and O–H groups in total. The molecule has 12 heavy (non-hydrogen) atoms. The Labute approximate surface area is 76.2 Å². The molecular weight excluding hydrogens is 148 g/mol. The van der Waals surface area contributed by atoms with Crippen LogP contribution in [0.4, 0.5) is 0 Å². The molecule has 0 spiro atoms. The third kappa shape index (κ3) is 2.22. The maximum absolute atomic E-state index is 9.56. The molecule has 72 valence electrons. The summed E-state index contributed by atoms with van der Waals surface area (Å²) in [5, 5.41) is 9.56. The fourth-order valence-corrected chi connectivity index (χ4v) is 2.17. The van der Waals surface area contributed by atoms with Crippen molar-refractivity contribution in [1.29, 1.82) is 0 Å². The first-order chi connectivity index (χ1) is 5.41. The van der Waals surface area contributed by atoms with E-state index in [-0.39, 0.29) is 6.10 Å². The molecule has 0 aromatic carbocycles. The van der Waals surface area contributed by atoms with Crippen molar-refractivity contribution in [2.75, 3.05) is 0 Å². The molecular formula is C11H22O. The van der Waals surface area contributed by atoms with E-state index in [0.29, 0.717) is 11.3 Å². The Morgan fingerprint density at radius 3 is 2.17 bits per heavy atom. The van der Waals surface area contributed by atoms with Crippen LogP contribution in [0.5, 0.6) is 0 Å². The predicted molar refractivity (Wildman–Crippen MR) is 52.0 cm³/mol. The van der Waals surface area contributed by atoms with Crippen LogP contribution >= 0.6 is 0 Å². The van der Waals surface area contributed by atoms with Crippen LogP contribution in [0.25, 0.3) is 0 Å². The SMILES string of the molecule is C[C@@H]1CC(C(C)(C)C)CC[C@@H]1O. The van der Waals surface area contributed by atoms with E-state index in [1.165, 1.54) is 12.8 Å². The fourth-order valence-electron chi connectivity index (χ4n) is 2.17. The summed E-state index contributed by atoms with van der Waals surface area (Å²) in [6.45, 7) is 9.09. The second-order valence-electron chi connectivity index (χ2n) is 5.42. The highest BCUT2D eigenvalue weighted by atomic mass is 16.3.